The van der Waals surface area contributed by atoms with Gasteiger partial charge < -0.3 is 10.2 Å². The number of piperidine rings is 1. The Bertz CT molecular complexity index is 531. The Morgan fingerprint density at radius 2 is 1.92 bits per heavy atom. The number of aromatic nitrogens is 2. The molecule has 2 heterocycles. The molecule has 136 valence electrons. The first kappa shape index (κ1) is 19.5. The summed E-state index contributed by atoms with van der Waals surface area (Å²) < 4.78 is 1.92. The van der Waals surface area contributed by atoms with Gasteiger partial charge in [0.25, 0.3) is 0 Å². The van der Waals surface area contributed by atoms with Gasteiger partial charge in [0.2, 0.25) is 0 Å². The van der Waals surface area contributed by atoms with Crippen LogP contribution in [-0.4, -0.2) is 40.8 Å². The molecule has 1 saturated heterocycles. The molecule has 24 heavy (non-hydrogen) atoms. The summed E-state index contributed by atoms with van der Waals surface area (Å²) in [5.41, 5.74) is 1.73. The molecule has 2 aliphatic rings. The summed E-state index contributed by atoms with van der Waals surface area (Å²) in [4.78, 5) is 7.04. The number of aliphatic imine (C=N–C) groups is 1. The Balaban J connectivity index is 0.00000208. The number of halogens is 1. The van der Waals surface area contributed by atoms with Crippen LogP contribution in [-0.2, 0) is 13.6 Å². The largest absolute Gasteiger partial charge is 0.351 e. The van der Waals surface area contributed by atoms with Gasteiger partial charge in [-0.1, -0.05) is 25.7 Å². The first-order valence-electron chi connectivity index (χ1n) is 9.15. The van der Waals surface area contributed by atoms with E-state index in [1.165, 1.54) is 63.6 Å². The third-order valence-corrected chi connectivity index (χ3v) is 5.69. The van der Waals surface area contributed by atoms with Crippen molar-refractivity contribution in [2.75, 3.05) is 20.1 Å². The molecule has 0 amide bonds. The van der Waals surface area contributed by atoms with E-state index in [4.69, 9.17) is 0 Å². The van der Waals surface area contributed by atoms with Gasteiger partial charge in [0.1, 0.15) is 0 Å². The molecule has 2 fully saturated rings. The van der Waals surface area contributed by atoms with Crippen molar-refractivity contribution in [1.82, 2.24) is 20.0 Å². The fourth-order valence-electron chi connectivity index (χ4n) is 4.35. The summed E-state index contributed by atoms with van der Waals surface area (Å²) in [6.07, 6.45) is 13.0. The normalized spacial score (nSPS) is 21.2. The van der Waals surface area contributed by atoms with Gasteiger partial charge in [0.05, 0.1) is 12.2 Å². The Kier molecular flexibility index (Phi) is 7.37. The Morgan fingerprint density at radius 3 is 2.54 bits per heavy atom. The van der Waals surface area contributed by atoms with E-state index in [-0.39, 0.29) is 24.0 Å². The van der Waals surface area contributed by atoms with E-state index in [0.29, 0.717) is 5.41 Å². The van der Waals surface area contributed by atoms with Crippen molar-refractivity contribution in [1.29, 1.82) is 0 Å². The van der Waals surface area contributed by atoms with Crippen LogP contribution in [0.4, 0.5) is 0 Å². The molecule has 3 rings (SSSR count). The van der Waals surface area contributed by atoms with Gasteiger partial charge in [-0.25, -0.2) is 0 Å². The number of aryl methyl sites for hydroxylation is 1. The predicted octanol–water partition coefficient (Wildman–Crippen LogP) is 3.55. The second-order valence-electron chi connectivity index (χ2n) is 7.29. The van der Waals surface area contributed by atoms with Gasteiger partial charge in [-0.3, -0.25) is 9.67 Å². The highest BCUT2D eigenvalue weighted by atomic mass is 127. The molecule has 1 aliphatic carbocycles. The van der Waals surface area contributed by atoms with Crippen LogP contribution in [0.3, 0.4) is 0 Å². The van der Waals surface area contributed by atoms with Crippen LogP contribution < -0.4 is 5.32 Å². The van der Waals surface area contributed by atoms with Crippen LogP contribution in [0.5, 0.6) is 0 Å². The Hall–Kier alpha value is -0.790. The zero-order valence-corrected chi connectivity index (χ0v) is 17.5. The van der Waals surface area contributed by atoms with Gasteiger partial charge in [-0.2, -0.15) is 5.10 Å². The predicted molar refractivity (Wildman–Crippen MR) is 110 cm³/mol. The highest BCUT2D eigenvalue weighted by Crippen LogP contribution is 2.42. The average Bonchev–Trinajstić information content (AvgIpc) is 2.84. The number of hydrogen-bond acceptors (Lipinski definition) is 2. The lowest BCUT2D eigenvalue weighted by Gasteiger charge is -2.44. The number of rotatable bonds is 2. The molecule has 1 aliphatic heterocycles. The molecule has 1 saturated carbocycles. The average molecular weight is 445 g/mol. The fourth-order valence-corrected chi connectivity index (χ4v) is 4.35. The molecule has 6 heteroatoms. The Labute approximate surface area is 163 Å². The molecule has 0 aromatic carbocycles. The lowest BCUT2D eigenvalue weighted by molar-refractivity contribution is 0.115. The van der Waals surface area contributed by atoms with E-state index in [1.54, 1.807) is 0 Å². The standard InChI is InChI=1S/C18H31N5.HI/c1-19-17(20-14-16-8-12-21-22(16)2)23-13-7-11-18(15-23)9-5-3-4-6-10-18;/h8,12H,3-7,9-11,13-15H2,1-2H3,(H,19,20);1H. The lowest BCUT2D eigenvalue weighted by atomic mass is 9.74. The fraction of sp³-hybridized carbons (Fsp3) is 0.778. The highest BCUT2D eigenvalue weighted by molar-refractivity contribution is 14.0. The molecule has 1 aromatic rings. The quantitative estimate of drug-likeness (QED) is 0.430. The van der Waals surface area contributed by atoms with Crippen molar-refractivity contribution in [3.05, 3.63) is 18.0 Å². The Morgan fingerprint density at radius 1 is 1.21 bits per heavy atom. The number of guanidine groups is 1. The van der Waals surface area contributed by atoms with Crippen LogP contribution in [0.2, 0.25) is 0 Å². The molecule has 5 nitrogen and oxygen atoms in total. The summed E-state index contributed by atoms with van der Waals surface area (Å²) in [5.74, 6) is 1.05. The van der Waals surface area contributed by atoms with Crippen molar-refractivity contribution in [2.45, 2.75) is 57.9 Å². The maximum Gasteiger partial charge on any atom is 0.193 e. The number of hydrogen-bond donors (Lipinski definition) is 1. The third-order valence-electron chi connectivity index (χ3n) is 5.69. The molecule has 0 bridgehead atoms. The molecule has 1 spiro atoms. The first-order valence-corrected chi connectivity index (χ1v) is 9.15. The van der Waals surface area contributed by atoms with Gasteiger partial charge in [-0.05, 0) is 37.2 Å². The topological polar surface area (TPSA) is 45.5 Å². The zero-order valence-electron chi connectivity index (χ0n) is 15.1. The van der Waals surface area contributed by atoms with Gasteiger partial charge in [-0.15, -0.1) is 24.0 Å². The monoisotopic (exact) mass is 445 g/mol. The molecular weight excluding hydrogens is 413 g/mol. The van der Waals surface area contributed by atoms with Gasteiger partial charge in [0.15, 0.2) is 5.96 Å². The maximum atomic E-state index is 4.54. The summed E-state index contributed by atoms with van der Waals surface area (Å²) >= 11 is 0. The number of nitrogens with one attached hydrogen (secondary N) is 1. The van der Waals surface area contributed by atoms with Crippen LogP contribution in [0, 0.1) is 5.41 Å². The maximum absolute atomic E-state index is 4.54. The lowest BCUT2D eigenvalue weighted by Crippen LogP contribution is -2.50. The minimum atomic E-state index is 0. The van der Waals surface area contributed by atoms with E-state index in [1.807, 2.05) is 25.0 Å². The zero-order chi connectivity index (χ0) is 16.1. The second-order valence-corrected chi connectivity index (χ2v) is 7.29. The minimum absolute atomic E-state index is 0. The van der Waals surface area contributed by atoms with Gasteiger partial charge >= 0.3 is 0 Å². The number of nitrogens with zero attached hydrogens (tertiary/aromatic N) is 4. The van der Waals surface area contributed by atoms with Crippen molar-refractivity contribution in [3.63, 3.8) is 0 Å². The summed E-state index contributed by atoms with van der Waals surface area (Å²) in [6, 6.07) is 2.06. The van der Waals surface area contributed by atoms with Crippen molar-refractivity contribution in [2.24, 2.45) is 17.5 Å². The van der Waals surface area contributed by atoms with E-state index in [9.17, 15) is 0 Å². The second kappa shape index (κ2) is 9.06. The van der Waals surface area contributed by atoms with Crippen LogP contribution in [0.25, 0.3) is 0 Å². The SMILES string of the molecule is CN=C(NCc1ccnn1C)N1CCCC2(CCCCCC2)C1.I. The van der Waals surface area contributed by atoms with Crippen LogP contribution in [0.15, 0.2) is 17.3 Å². The third kappa shape index (κ3) is 4.64. The van der Waals surface area contributed by atoms with E-state index >= 15 is 0 Å². The first-order chi connectivity index (χ1) is 11.2. The van der Waals surface area contributed by atoms with Crippen LogP contribution in [0.1, 0.15) is 57.1 Å². The minimum Gasteiger partial charge on any atom is -0.351 e. The summed E-state index contributed by atoms with van der Waals surface area (Å²) in [5, 5.41) is 7.77. The van der Waals surface area contributed by atoms with E-state index in [2.05, 4.69) is 26.4 Å². The van der Waals surface area contributed by atoms with Crippen LogP contribution >= 0.6 is 24.0 Å². The van der Waals surface area contributed by atoms with Gasteiger partial charge in [0, 0.05) is 33.4 Å². The molecule has 0 unspecified atom stereocenters. The van der Waals surface area contributed by atoms with Crippen molar-refractivity contribution in [3.8, 4) is 0 Å². The van der Waals surface area contributed by atoms with Crippen molar-refractivity contribution >= 4 is 29.9 Å². The highest BCUT2D eigenvalue weighted by Gasteiger charge is 2.36. The van der Waals surface area contributed by atoms with E-state index in [0.717, 1.165) is 19.0 Å². The molecule has 0 atom stereocenters. The molecule has 1 N–H and O–H groups in total. The van der Waals surface area contributed by atoms with E-state index < -0.39 is 0 Å². The summed E-state index contributed by atoms with van der Waals surface area (Å²) in [6.45, 7) is 3.09. The molecule has 1 aromatic heterocycles. The summed E-state index contributed by atoms with van der Waals surface area (Å²) in [7, 11) is 3.89. The molecular formula is C18H32IN5. The smallest absolute Gasteiger partial charge is 0.193 e. The molecule has 0 radical (unpaired) electrons. The van der Waals surface area contributed by atoms with Crippen molar-refractivity contribution < 1.29 is 0 Å². The number of likely N-dealkylation sites (tertiary alicyclic amines) is 1.